The molecular weight excluding hydrogens is 374 g/mol. The SMILES string of the molecule is COC(=O)[C@H](CC(C)C)NC(=O)c1ccc(Cn2cnc3ccccc3c2=O)o1. The first-order valence-corrected chi connectivity index (χ1v) is 9.30. The van der Waals surface area contributed by atoms with Crippen molar-refractivity contribution < 1.29 is 18.7 Å². The van der Waals surface area contributed by atoms with Crippen molar-refractivity contribution in [1.29, 1.82) is 0 Å². The molecule has 8 nitrogen and oxygen atoms in total. The van der Waals surface area contributed by atoms with Crippen molar-refractivity contribution in [1.82, 2.24) is 14.9 Å². The fourth-order valence-electron chi connectivity index (χ4n) is 3.03. The lowest BCUT2D eigenvalue weighted by molar-refractivity contribution is -0.143. The van der Waals surface area contributed by atoms with Gasteiger partial charge in [0.25, 0.3) is 11.5 Å². The van der Waals surface area contributed by atoms with Gasteiger partial charge in [-0.15, -0.1) is 0 Å². The second-order valence-corrected chi connectivity index (χ2v) is 7.14. The van der Waals surface area contributed by atoms with E-state index in [-0.39, 0.29) is 23.8 Å². The van der Waals surface area contributed by atoms with Crippen LogP contribution in [0.1, 0.15) is 36.6 Å². The number of carbonyl (C=O) groups is 2. The predicted molar refractivity (Wildman–Crippen MR) is 107 cm³/mol. The van der Waals surface area contributed by atoms with Crippen LogP contribution < -0.4 is 10.9 Å². The Balaban J connectivity index is 1.75. The number of aromatic nitrogens is 2. The van der Waals surface area contributed by atoms with Crippen LogP contribution in [0.4, 0.5) is 0 Å². The zero-order valence-electron chi connectivity index (χ0n) is 16.5. The molecule has 3 rings (SSSR count). The number of nitrogens with zero attached hydrogens (tertiary/aromatic N) is 2. The van der Waals surface area contributed by atoms with Gasteiger partial charge in [0.1, 0.15) is 11.8 Å². The van der Waals surface area contributed by atoms with Crippen LogP contribution in [0.3, 0.4) is 0 Å². The Labute approximate surface area is 167 Å². The standard InChI is InChI=1S/C21H23N3O5/c1-13(2)10-17(21(27)28-3)23-19(25)18-9-8-14(29-18)11-24-12-22-16-7-5-4-6-15(16)20(24)26/h4-9,12-13,17H,10-11H2,1-3H3,(H,23,25)/t17-/m0/s1. The van der Waals surface area contributed by atoms with Gasteiger partial charge < -0.3 is 14.5 Å². The number of para-hydroxylation sites is 1. The third kappa shape index (κ3) is 4.71. The van der Waals surface area contributed by atoms with Crippen LogP contribution in [0.2, 0.25) is 0 Å². The van der Waals surface area contributed by atoms with Gasteiger partial charge in [-0.1, -0.05) is 26.0 Å². The van der Waals surface area contributed by atoms with Gasteiger partial charge in [0, 0.05) is 0 Å². The van der Waals surface area contributed by atoms with Gasteiger partial charge in [0.15, 0.2) is 5.76 Å². The highest BCUT2D eigenvalue weighted by atomic mass is 16.5. The number of hydrogen-bond acceptors (Lipinski definition) is 6. The first kappa shape index (κ1) is 20.3. The van der Waals surface area contributed by atoms with Crippen LogP contribution in [0.25, 0.3) is 10.9 Å². The van der Waals surface area contributed by atoms with Gasteiger partial charge in [-0.25, -0.2) is 9.78 Å². The van der Waals surface area contributed by atoms with Gasteiger partial charge in [-0.2, -0.15) is 0 Å². The Hall–Kier alpha value is -3.42. The van der Waals surface area contributed by atoms with E-state index >= 15 is 0 Å². The molecule has 29 heavy (non-hydrogen) atoms. The van der Waals surface area contributed by atoms with Crippen molar-refractivity contribution in [2.75, 3.05) is 7.11 Å². The van der Waals surface area contributed by atoms with Gasteiger partial charge in [-0.05, 0) is 36.6 Å². The maximum absolute atomic E-state index is 12.6. The summed E-state index contributed by atoms with van der Waals surface area (Å²) in [5.74, 6) is -0.352. The van der Waals surface area contributed by atoms with Crippen LogP contribution in [-0.4, -0.2) is 34.6 Å². The first-order valence-electron chi connectivity index (χ1n) is 9.30. The molecule has 0 fully saturated rings. The molecular formula is C21H23N3O5. The summed E-state index contributed by atoms with van der Waals surface area (Å²) in [7, 11) is 1.28. The van der Waals surface area contributed by atoms with Crippen LogP contribution in [-0.2, 0) is 16.1 Å². The highest BCUT2D eigenvalue weighted by molar-refractivity contribution is 5.94. The molecule has 0 saturated carbocycles. The maximum Gasteiger partial charge on any atom is 0.328 e. The molecule has 8 heteroatoms. The quantitative estimate of drug-likeness (QED) is 0.614. The third-order valence-corrected chi connectivity index (χ3v) is 4.44. The molecule has 2 heterocycles. The number of fused-ring (bicyclic) bond motifs is 1. The fraction of sp³-hybridized carbons (Fsp3) is 0.333. The van der Waals surface area contributed by atoms with Crippen LogP contribution in [0.15, 0.2) is 51.9 Å². The van der Waals surface area contributed by atoms with Crippen LogP contribution in [0.5, 0.6) is 0 Å². The summed E-state index contributed by atoms with van der Waals surface area (Å²) in [6.45, 7) is 4.03. The van der Waals surface area contributed by atoms with E-state index in [2.05, 4.69) is 10.3 Å². The van der Waals surface area contributed by atoms with E-state index in [1.165, 1.54) is 24.1 Å². The zero-order valence-corrected chi connectivity index (χ0v) is 16.5. The molecule has 0 aliphatic heterocycles. The highest BCUT2D eigenvalue weighted by Gasteiger charge is 2.24. The minimum Gasteiger partial charge on any atom is -0.467 e. The second-order valence-electron chi connectivity index (χ2n) is 7.14. The number of hydrogen-bond donors (Lipinski definition) is 1. The smallest absolute Gasteiger partial charge is 0.328 e. The maximum atomic E-state index is 12.6. The average molecular weight is 397 g/mol. The monoisotopic (exact) mass is 397 g/mol. The van der Waals surface area contributed by atoms with E-state index < -0.39 is 17.9 Å². The average Bonchev–Trinajstić information content (AvgIpc) is 3.17. The number of esters is 1. The number of benzene rings is 1. The molecule has 1 atom stereocenters. The molecule has 1 aromatic carbocycles. The van der Waals surface area contributed by atoms with Gasteiger partial charge >= 0.3 is 5.97 Å². The van der Waals surface area contributed by atoms with Crippen molar-refractivity contribution in [3.8, 4) is 0 Å². The van der Waals surface area contributed by atoms with E-state index in [1.54, 1.807) is 24.3 Å². The van der Waals surface area contributed by atoms with Gasteiger partial charge in [-0.3, -0.25) is 14.2 Å². The summed E-state index contributed by atoms with van der Waals surface area (Å²) in [5.41, 5.74) is 0.424. The summed E-state index contributed by atoms with van der Waals surface area (Å²) in [5, 5.41) is 3.15. The number of amides is 1. The Bertz CT molecular complexity index is 1080. The largest absolute Gasteiger partial charge is 0.467 e. The lowest BCUT2D eigenvalue weighted by atomic mass is 10.0. The molecule has 3 aromatic rings. The van der Waals surface area contributed by atoms with E-state index in [4.69, 9.17) is 9.15 Å². The molecule has 1 N–H and O–H groups in total. The Morgan fingerprint density at radius 1 is 1.21 bits per heavy atom. The highest BCUT2D eigenvalue weighted by Crippen LogP contribution is 2.12. The number of furan rings is 1. The summed E-state index contributed by atoms with van der Waals surface area (Å²) in [6.07, 6.45) is 1.90. The summed E-state index contributed by atoms with van der Waals surface area (Å²) in [6, 6.07) is 9.44. The van der Waals surface area contributed by atoms with Crippen molar-refractivity contribution in [2.45, 2.75) is 32.9 Å². The molecule has 0 aliphatic rings. The van der Waals surface area contributed by atoms with Gasteiger partial charge in [0.2, 0.25) is 0 Å². The van der Waals surface area contributed by atoms with E-state index in [1.807, 2.05) is 19.9 Å². The number of nitrogens with one attached hydrogen (secondary N) is 1. The number of methoxy groups -OCH3 is 1. The molecule has 0 aliphatic carbocycles. The second kappa shape index (κ2) is 8.72. The molecule has 0 bridgehead atoms. The van der Waals surface area contributed by atoms with Crippen LogP contribution >= 0.6 is 0 Å². The number of carbonyl (C=O) groups excluding carboxylic acids is 2. The molecule has 0 spiro atoms. The van der Waals surface area contributed by atoms with Crippen molar-refractivity contribution in [3.63, 3.8) is 0 Å². The van der Waals surface area contributed by atoms with E-state index in [0.29, 0.717) is 23.1 Å². The molecule has 152 valence electrons. The van der Waals surface area contributed by atoms with Crippen molar-refractivity contribution in [2.24, 2.45) is 5.92 Å². The zero-order chi connectivity index (χ0) is 21.0. The van der Waals surface area contributed by atoms with Crippen molar-refractivity contribution in [3.05, 3.63) is 64.6 Å². The number of ether oxygens (including phenoxy) is 1. The summed E-state index contributed by atoms with van der Waals surface area (Å²) >= 11 is 0. The molecule has 0 radical (unpaired) electrons. The minimum atomic E-state index is -0.756. The number of rotatable bonds is 7. The Kier molecular flexibility index (Phi) is 6.11. The topological polar surface area (TPSA) is 103 Å². The van der Waals surface area contributed by atoms with Crippen LogP contribution in [0, 0.1) is 5.92 Å². The molecule has 0 unspecified atom stereocenters. The van der Waals surface area contributed by atoms with E-state index in [0.717, 1.165) is 0 Å². The van der Waals surface area contributed by atoms with E-state index in [9.17, 15) is 14.4 Å². The lowest BCUT2D eigenvalue weighted by Crippen LogP contribution is -2.42. The van der Waals surface area contributed by atoms with Gasteiger partial charge in [0.05, 0.1) is 30.9 Å². The molecule has 0 saturated heterocycles. The molecule has 1 amide bonds. The fourth-order valence-corrected chi connectivity index (χ4v) is 3.03. The predicted octanol–water partition coefficient (Wildman–Crippen LogP) is 2.36. The third-order valence-electron chi connectivity index (χ3n) is 4.44. The summed E-state index contributed by atoms with van der Waals surface area (Å²) in [4.78, 5) is 41.2. The Morgan fingerprint density at radius 3 is 2.69 bits per heavy atom. The minimum absolute atomic E-state index is 0.0551. The lowest BCUT2D eigenvalue weighted by Gasteiger charge is -2.17. The summed E-state index contributed by atoms with van der Waals surface area (Å²) < 4.78 is 11.8. The van der Waals surface area contributed by atoms with Crippen molar-refractivity contribution >= 4 is 22.8 Å². The first-order chi connectivity index (χ1) is 13.9. The normalized spacial score (nSPS) is 12.1. The Morgan fingerprint density at radius 2 is 1.97 bits per heavy atom. The molecule has 2 aromatic heterocycles.